The Morgan fingerprint density at radius 3 is 0.898 bits per heavy atom. The van der Waals surface area contributed by atoms with E-state index in [1.54, 1.807) is 36.7 Å². The number of H-pyrrole nitrogens is 2. The Kier molecular flexibility index (Phi) is 33.7. The number of nitrogens with one attached hydrogen (secondary N) is 10. The number of hydrogen-bond donors (Lipinski definition) is 17. The molecule has 0 bridgehead atoms. The predicted molar refractivity (Wildman–Crippen MR) is 421 cm³/mol. The van der Waals surface area contributed by atoms with Crippen molar-refractivity contribution in [2.45, 2.75) is 175 Å². The van der Waals surface area contributed by atoms with Crippen LogP contribution in [0, 0.1) is 0 Å². The average molecular weight is 1480 g/mol. The van der Waals surface area contributed by atoms with Crippen LogP contribution in [0.3, 0.4) is 0 Å². The van der Waals surface area contributed by atoms with Crippen molar-refractivity contribution in [2.24, 2.45) is 40.1 Å². The Hall–Kier alpha value is -10.6. The van der Waals surface area contributed by atoms with E-state index in [9.17, 15) is 14.4 Å². The van der Waals surface area contributed by atoms with Crippen LogP contribution >= 0.6 is 0 Å². The van der Waals surface area contributed by atoms with Crippen molar-refractivity contribution < 1.29 is 43.2 Å². The zero-order valence-corrected chi connectivity index (χ0v) is 61.4. The molecular weight excluding hydrogens is 1370 g/mol. The summed E-state index contributed by atoms with van der Waals surface area (Å²) in [6.07, 6.45) is 8.69. The molecule has 0 saturated carbocycles. The largest absolute Gasteiger partial charge is 0.368 e. The van der Waals surface area contributed by atoms with Crippen LogP contribution in [0.25, 0.3) is 21.8 Å². The summed E-state index contributed by atoms with van der Waals surface area (Å²) in [6, 6.07) is 39.4. The number of primary amides is 1. The van der Waals surface area contributed by atoms with E-state index in [2.05, 4.69) is 52.5 Å². The molecule has 24 N–H and O–H groups in total. The van der Waals surface area contributed by atoms with E-state index in [-0.39, 0.29) is 51.6 Å². The van der Waals surface area contributed by atoms with E-state index in [0.29, 0.717) is 124 Å². The number of nitrogens with two attached hydrogens (primary N) is 7. The van der Waals surface area contributed by atoms with E-state index >= 15 is 28.8 Å². The van der Waals surface area contributed by atoms with Gasteiger partial charge in [-0.1, -0.05) is 164 Å². The maximum absolute atomic E-state index is 16.0. The first-order valence-electron chi connectivity index (χ1n) is 37.7. The molecule has 0 radical (unpaired) electrons. The molecule has 9 amide bonds. The molecule has 576 valence electrons. The van der Waals surface area contributed by atoms with Gasteiger partial charge < -0.3 is 92.6 Å². The van der Waals surface area contributed by atoms with Gasteiger partial charge in [0.15, 0.2) is 0 Å². The molecule has 2 aromatic heterocycles. The van der Waals surface area contributed by atoms with Gasteiger partial charge in [-0.05, 0) is 168 Å². The third-order valence-corrected chi connectivity index (χ3v) is 19.6. The first-order chi connectivity index (χ1) is 52.5. The number of amides is 9. The monoisotopic (exact) mass is 1480 g/mol. The molecule has 8 aromatic rings. The predicted octanol–water partition coefficient (Wildman–Crippen LogP) is 4.43. The lowest BCUT2D eigenvalue weighted by atomic mass is 9.84. The van der Waals surface area contributed by atoms with Crippen molar-refractivity contribution in [1.82, 2.24) is 52.5 Å². The number of fused-ring (bicyclic) bond motifs is 2. The van der Waals surface area contributed by atoms with E-state index in [0.717, 1.165) is 21.8 Å². The third-order valence-electron chi connectivity index (χ3n) is 19.6. The standard InChI is InChI=1S/C82H109N17O9/c83-44-22-17-37-61(88)75(101)93-65(41-19-24-46-85)77(103)96-68(49-57-51-90-62-38-15-13-35-59(57)62)80(106)99-73(71(55-31-9-3-10-32-55)56-33-11-4-12-34-56)82(108)95-67(43-21-26-48-87)76(102)94-66(42-20-25-47-86)78(104)97-69(50-58-52-91-63-39-16-14-36-60(58)63)79(105)98-72(81(107)92-64(74(89)100)40-18-23-45-84)70(53-27-5-1-6-28-53)54-29-7-2-8-30-54/h1-16,27-36,38-39,51-52,61,64-73,90-91H,17-26,37,40-50,83-88H2,(H2,89,100)(H,92,107)(H,93,101)(H,94,102)(H,95,108)(H,96,103)(H,97,104)(H,98,105)(H,99,106)/t61-,64-,65-,66-,67-,68-,69-,72?,73?/m0/s1. The molecule has 2 unspecified atom stereocenters. The van der Waals surface area contributed by atoms with Gasteiger partial charge in [-0.3, -0.25) is 43.2 Å². The first kappa shape index (κ1) is 83.0. The SMILES string of the molecule is NCCCC[C@H](NC(=O)C(NC(=O)[C@H](Cc1c[nH]c2ccccc12)NC(=O)[C@H](CCCCN)NC(=O)[C@H](CCCCN)NC(=O)C(NC(=O)[C@H](Cc1c[nH]c2ccccc12)NC(=O)[C@H](CCCCN)NC(=O)[C@@H](N)CCCCN)C(c1ccccc1)c1ccccc1)C(c1ccccc1)c1ccccc1)C(N)=O. The first-order valence-corrected chi connectivity index (χ1v) is 37.7. The number of rotatable bonds is 47. The number of para-hydroxylation sites is 2. The van der Waals surface area contributed by atoms with Gasteiger partial charge in [0, 0.05) is 58.9 Å². The number of aromatic nitrogens is 2. The van der Waals surface area contributed by atoms with Crippen molar-refractivity contribution in [3.8, 4) is 0 Å². The van der Waals surface area contributed by atoms with Crippen molar-refractivity contribution in [3.05, 3.63) is 216 Å². The number of unbranched alkanes of at least 4 members (excludes halogenated alkanes) is 5. The number of carbonyl (C=O) groups excluding carboxylic acids is 9. The smallest absolute Gasteiger partial charge is 0.244 e. The van der Waals surface area contributed by atoms with Crippen LogP contribution in [0.1, 0.15) is 142 Å². The fourth-order valence-electron chi connectivity index (χ4n) is 13.7. The molecule has 0 aliphatic carbocycles. The van der Waals surface area contributed by atoms with E-state index in [1.165, 1.54) is 0 Å². The van der Waals surface area contributed by atoms with Crippen LogP contribution < -0.4 is 82.7 Å². The third kappa shape index (κ3) is 24.5. The molecule has 6 aromatic carbocycles. The highest BCUT2D eigenvalue weighted by Gasteiger charge is 2.41. The van der Waals surface area contributed by atoms with Crippen molar-refractivity contribution in [1.29, 1.82) is 0 Å². The highest BCUT2D eigenvalue weighted by Crippen LogP contribution is 2.32. The van der Waals surface area contributed by atoms with E-state index in [4.69, 9.17) is 40.1 Å². The number of aromatic amines is 2. The van der Waals surface area contributed by atoms with Gasteiger partial charge in [-0.15, -0.1) is 0 Å². The zero-order valence-electron chi connectivity index (χ0n) is 61.4. The summed E-state index contributed by atoms with van der Waals surface area (Å²) in [4.78, 5) is 142. The van der Waals surface area contributed by atoms with Crippen molar-refractivity contribution in [3.63, 3.8) is 0 Å². The summed E-state index contributed by atoms with van der Waals surface area (Å²) in [5.41, 5.74) is 47.2. The fourth-order valence-corrected chi connectivity index (χ4v) is 13.7. The quantitative estimate of drug-likeness (QED) is 0.0235. The summed E-state index contributed by atoms with van der Waals surface area (Å²) >= 11 is 0. The van der Waals surface area contributed by atoms with Crippen LogP contribution in [0.5, 0.6) is 0 Å². The molecule has 9 atom stereocenters. The minimum atomic E-state index is -1.53. The molecule has 8 rings (SSSR count). The summed E-state index contributed by atoms with van der Waals surface area (Å²) in [5, 5.41) is 25.2. The number of hydrogen-bond acceptors (Lipinski definition) is 15. The molecule has 108 heavy (non-hydrogen) atoms. The van der Waals surface area contributed by atoms with Crippen molar-refractivity contribution >= 4 is 75.0 Å². The Bertz CT molecular complexity index is 4070. The van der Waals surface area contributed by atoms with Crippen LogP contribution in [0.4, 0.5) is 0 Å². The lowest BCUT2D eigenvalue weighted by molar-refractivity contribution is -0.136. The van der Waals surface area contributed by atoms with Crippen LogP contribution in [-0.4, -0.2) is 150 Å². The molecule has 0 fully saturated rings. The summed E-state index contributed by atoms with van der Waals surface area (Å²) in [6.45, 7) is 1.56. The van der Waals surface area contributed by atoms with Crippen molar-refractivity contribution in [2.75, 3.05) is 32.7 Å². The Balaban J connectivity index is 1.15. The average Bonchev–Trinajstić information content (AvgIpc) is 0.928. The lowest BCUT2D eigenvalue weighted by Gasteiger charge is -2.32. The van der Waals surface area contributed by atoms with E-state index < -0.39 is 119 Å². The van der Waals surface area contributed by atoms with Crippen LogP contribution in [0.2, 0.25) is 0 Å². The second-order valence-corrected chi connectivity index (χ2v) is 27.5. The van der Waals surface area contributed by atoms with Gasteiger partial charge in [0.1, 0.15) is 48.3 Å². The number of benzene rings is 6. The lowest BCUT2D eigenvalue weighted by Crippen LogP contribution is -2.61. The maximum atomic E-state index is 16.0. The second kappa shape index (κ2) is 43.9. The maximum Gasteiger partial charge on any atom is 0.244 e. The molecule has 0 saturated heterocycles. The minimum absolute atomic E-state index is 0.00375. The highest BCUT2D eigenvalue weighted by atomic mass is 16.2. The zero-order chi connectivity index (χ0) is 77.2. The van der Waals surface area contributed by atoms with Gasteiger partial charge >= 0.3 is 0 Å². The summed E-state index contributed by atoms with van der Waals surface area (Å²) < 4.78 is 0. The minimum Gasteiger partial charge on any atom is -0.368 e. The molecular formula is C82H109N17O9. The summed E-state index contributed by atoms with van der Waals surface area (Å²) in [5.74, 6) is -8.47. The Labute approximate surface area is 631 Å². The molecule has 0 aliphatic rings. The van der Waals surface area contributed by atoms with Gasteiger partial charge in [0.05, 0.1) is 6.04 Å². The highest BCUT2D eigenvalue weighted by molar-refractivity contribution is 6.00. The molecule has 26 nitrogen and oxygen atoms in total. The van der Waals surface area contributed by atoms with E-state index in [1.807, 2.05) is 146 Å². The Morgan fingerprint density at radius 1 is 0.296 bits per heavy atom. The Morgan fingerprint density at radius 2 is 0.565 bits per heavy atom. The fraction of sp³-hybridized carbons (Fsp3) is 0.402. The summed E-state index contributed by atoms with van der Waals surface area (Å²) in [7, 11) is 0. The van der Waals surface area contributed by atoms with Gasteiger partial charge in [0.2, 0.25) is 53.2 Å². The number of carbonyl (C=O) groups is 9. The normalized spacial score (nSPS) is 13.9. The van der Waals surface area contributed by atoms with Crippen LogP contribution in [-0.2, 0) is 56.0 Å². The molecule has 2 heterocycles. The van der Waals surface area contributed by atoms with Crippen LogP contribution in [0.15, 0.2) is 182 Å². The topological polar surface area (TPSA) is 464 Å². The molecule has 26 heteroatoms. The second-order valence-electron chi connectivity index (χ2n) is 27.5. The van der Waals surface area contributed by atoms with Gasteiger partial charge in [0.25, 0.3) is 0 Å². The molecule has 0 aliphatic heterocycles. The van der Waals surface area contributed by atoms with Gasteiger partial charge in [-0.25, -0.2) is 0 Å². The molecule has 0 spiro atoms. The van der Waals surface area contributed by atoms with Gasteiger partial charge in [-0.2, -0.15) is 0 Å².